The number of ether oxygens (including phenoxy) is 1. The molecule has 0 aromatic carbocycles. The first-order valence-electron chi connectivity index (χ1n) is 8.42. The van der Waals surface area contributed by atoms with E-state index in [4.69, 9.17) is 4.74 Å². The SMILES string of the molecule is CC1CCCCC1NC(=O)Nc1cnn(CC2CCCO2)c1. The van der Waals surface area contributed by atoms with Crippen LogP contribution in [0.2, 0.25) is 0 Å². The molecule has 2 aliphatic rings. The van der Waals surface area contributed by atoms with Crippen molar-refractivity contribution in [1.82, 2.24) is 15.1 Å². The molecule has 2 N–H and O–H groups in total. The Balaban J connectivity index is 1.47. The predicted molar refractivity (Wildman–Crippen MR) is 84.8 cm³/mol. The molecule has 0 radical (unpaired) electrons. The zero-order valence-corrected chi connectivity index (χ0v) is 13.3. The molecule has 1 aromatic heterocycles. The number of carbonyl (C=O) groups excluding carboxylic acids is 1. The Morgan fingerprint density at radius 1 is 1.36 bits per heavy atom. The van der Waals surface area contributed by atoms with E-state index in [9.17, 15) is 4.79 Å². The molecular formula is C16H26N4O2. The fourth-order valence-electron chi connectivity index (χ4n) is 3.39. The van der Waals surface area contributed by atoms with E-state index >= 15 is 0 Å². The summed E-state index contributed by atoms with van der Waals surface area (Å²) in [6, 6.07) is 0.158. The number of rotatable bonds is 4. The summed E-state index contributed by atoms with van der Waals surface area (Å²) in [4.78, 5) is 12.1. The van der Waals surface area contributed by atoms with Gasteiger partial charge in [0, 0.05) is 18.8 Å². The second-order valence-corrected chi connectivity index (χ2v) is 6.55. The molecule has 1 aliphatic carbocycles. The van der Waals surface area contributed by atoms with Crippen LogP contribution >= 0.6 is 0 Å². The minimum Gasteiger partial charge on any atom is -0.376 e. The summed E-state index contributed by atoms with van der Waals surface area (Å²) in [7, 11) is 0. The van der Waals surface area contributed by atoms with Gasteiger partial charge in [0.15, 0.2) is 0 Å². The molecule has 3 unspecified atom stereocenters. The standard InChI is InChI=1S/C16H26N4O2/c1-12-5-2-3-7-15(12)19-16(21)18-13-9-17-20(10-13)11-14-6-4-8-22-14/h9-10,12,14-15H,2-8,11H2,1H3,(H2,18,19,21). The van der Waals surface area contributed by atoms with Crippen LogP contribution in [0.25, 0.3) is 0 Å². The van der Waals surface area contributed by atoms with E-state index in [1.165, 1.54) is 19.3 Å². The summed E-state index contributed by atoms with van der Waals surface area (Å²) in [5.41, 5.74) is 0.735. The van der Waals surface area contributed by atoms with Gasteiger partial charge in [0.2, 0.25) is 0 Å². The Kier molecular flexibility index (Phi) is 4.97. The molecule has 0 bridgehead atoms. The number of nitrogens with zero attached hydrogens (tertiary/aromatic N) is 2. The van der Waals surface area contributed by atoms with Gasteiger partial charge in [-0.2, -0.15) is 5.10 Å². The van der Waals surface area contributed by atoms with Crippen LogP contribution in [-0.4, -0.2) is 34.6 Å². The van der Waals surface area contributed by atoms with Gasteiger partial charge in [-0.1, -0.05) is 19.8 Å². The second kappa shape index (κ2) is 7.13. The summed E-state index contributed by atoms with van der Waals surface area (Å²) in [5, 5.41) is 10.3. The van der Waals surface area contributed by atoms with Crippen LogP contribution < -0.4 is 10.6 Å². The van der Waals surface area contributed by atoms with E-state index in [1.807, 2.05) is 10.9 Å². The summed E-state index contributed by atoms with van der Waals surface area (Å²) in [6.45, 7) is 3.81. The minimum absolute atomic E-state index is 0.129. The lowest BCUT2D eigenvalue weighted by molar-refractivity contribution is 0.0940. The number of amides is 2. The van der Waals surface area contributed by atoms with E-state index in [0.29, 0.717) is 5.92 Å². The van der Waals surface area contributed by atoms with Crippen LogP contribution in [-0.2, 0) is 11.3 Å². The van der Waals surface area contributed by atoms with E-state index < -0.39 is 0 Å². The lowest BCUT2D eigenvalue weighted by Gasteiger charge is -2.29. The van der Waals surface area contributed by atoms with Crippen LogP contribution in [0.1, 0.15) is 45.4 Å². The average Bonchev–Trinajstić information content (AvgIpc) is 3.14. The lowest BCUT2D eigenvalue weighted by Crippen LogP contribution is -2.43. The lowest BCUT2D eigenvalue weighted by atomic mass is 9.86. The summed E-state index contributed by atoms with van der Waals surface area (Å²) in [5.74, 6) is 0.557. The summed E-state index contributed by atoms with van der Waals surface area (Å²) < 4.78 is 7.44. The Labute approximate surface area is 131 Å². The number of nitrogens with one attached hydrogen (secondary N) is 2. The summed E-state index contributed by atoms with van der Waals surface area (Å²) in [6.07, 6.45) is 10.8. The number of anilines is 1. The summed E-state index contributed by atoms with van der Waals surface area (Å²) >= 11 is 0. The van der Waals surface area contributed by atoms with Gasteiger partial charge < -0.3 is 15.4 Å². The van der Waals surface area contributed by atoms with Crippen molar-refractivity contribution < 1.29 is 9.53 Å². The molecule has 2 amide bonds. The maximum Gasteiger partial charge on any atom is 0.319 e. The quantitative estimate of drug-likeness (QED) is 0.898. The van der Waals surface area contributed by atoms with E-state index in [1.54, 1.807) is 6.20 Å². The molecule has 1 saturated heterocycles. The molecule has 3 atom stereocenters. The number of urea groups is 1. The maximum atomic E-state index is 12.1. The van der Waals surface area contributed by atoms with Crippen LogP contribution in [0.5, 0.6) is 0 Å². The van der Waals surface area contributed by atoms with Crippen molar-refractivity contribution in [2.75, 3.05) is 11.9 Å². The van der Waals surface area contributed by atoms with Gasteiger partial charge >= 0.3 is 6.03 Å². The number of hydrogen-bond acceptors (Lipinski definition) is 3. The number of aromatic nitrogens is 2. The molecule has 2 heterocycles. The monoisotopic (exact) mass is 306 g/mol. The van der Waals surface area contributed by atoms with Crippen molar-refractivity contribution in [2.24, 2.45) is 5.92 Å². The fourth-order valence-corrected chi connectivity index (χ4v) is 3.39. The average molecular weight is 306 g/mol. The van der Waals surface area contributed by atoms with Gasteiger partial charge in [-0.05, 0) is 31.6 Å². The van der Waals surface area contributed by atoms with Gasteiger partial charge in [-0.25, -0.2) is 4.79 Å². The molecule has 122 valence electrons. The topological polar surface area (TPSA) is 68.2 Å². The van der Waals surface area contributed by atoms with Gasteiger partial charge in [0.1, 0.15) is 0 Å². The van der Waals surface area contributed by atoms with Crippen molar-refractivity contribution in [2.45, 2.75) is 64.1 Å². The Hall–Kier alpha value is -1.56. The van der Waals surface area contributed by atoms with Gasteiger partial charge in [0.25, 0.3) is 0 Å². The number of hydrogen-bond donors (Lipinski definition) is 2. The van der Waals surface area contributed by atoms with E-state index in [0.717, 1.165) is 38.1 Å². The molecule has 3 rings (SSSR count). The molecule has 1 saturated carbocycles. The van der Waals surface area contributed by atoms with Gasteiger partial charge in [-0.3, -0.25) is 4.68 Å². The fraction of sp³-hybridized carbons (Fsp3) is 0.750. The zero-order valence-electron chi connectivity index (χ0n) is 13.3. The van der Waals surface area contributed by atoms with Crippen LogP contribution in [0.4, 0.5) is 10.5 Å². The highest BCUT2D eigenvalue weighted by atomic mass is 16.5. The second-order valence-electron chi connectivity index (χ2n) is 6.55. The first-order valence-corrected chi connectivity index (χ1v) is 8.42. The maximum absolute atomic E-state index is 12.1. The first kappa shape index (κ1) is 15.3. The van der Waals surface area contributed by atoms with Crippen molar-refractivity contribution in [3.63, 3.8) is 0 Å². The largest absolute Gasteiger partial charge is 0.376 e. The smallest absolute Gasteiger partial charge is 0.319 e. The molecule has 1 aromatic rings. The molecule has 0 spiro atoms. The van der Waals surface area contributed by atoms with Crippen molar-refractivity contribution in [3.05, 3.63) is 12.4 Å². The Morgan fingerprint density at radius 2 is 2.23 bits per heavy atom. The molecule has 6 nitrogen and oxygen atoms in total. The van der Waals surface area contributed by atoms with Crippen LogP contribution in [0, 0.1) is 5.92 Å². The molecule has 2 fully saturated rings. The van der Waals surface area contributed by atoms with Crippen molar-refractivity contribution >= 4 is 11.7 Å². The number of carbonyl (C=O) groups is 1. The molecule has 22 heavy (non-hydrogen) atoms. The Bertz CT molecular complexity index is 496. The third kappa shape index (κ3) is 4.00. The predicted octanol–water partition coefficient (Wildman–Crippen LogP) is 2.76. The molecular weight excluding hydrogens is 280 g/mol. The third-order valence-corrected chi connectivity index (χ3v) is 4.73. The highest BCUT2D eigenvalue weighted by Crippen LogP contribution is 2.23. The first-order chi connectivity index (χ1) is 10.7. The van der Waals surface area contributed by atoms with E-state index in [-0.39, 0.29) is 18.2 Å². The minimum atomic E-state index is -0.129. The van der Waals surface area contributed by atoms with Crippen LogP contribution in [0.3, 0.4) is 0 Å². The Morgan fingerprint density at radius 3 is 3.00 bits per heavy atom. The third-order valence-electron chi connectivity index (χ3n) is 4.73. The zero-order chi connectivity index (χ0) is 15.4. The highest BCUT2D eigenvalue weighted by Gasteiger charge is 2.23. The van der Waals surface area contributed by atoms with Crippen molar-refractivity contribution in [3.8, 4) is 0 Å². The highest BCUT2D eigenvalue weighted by molar-refractivity contribution is 5.89. The molecule has 1 aliphatic heterocycles. The van der Waals surface area contributed by atoms with Gasteiger partial charge in [-0.15, -0.1) is 0 Å². The molecule has 6 heteroatoms. The van der Waals surface area contributed by atoms with Crippen molar-refractivity contribution in [1.29, 1.82) is 0 Å². The van der Waals surface area contributed by atoms with Crippen LogP contribution in [0.15, 0.2) is 12.4 Å². The van der Waals surface area contributed by atoms with E-state index in [2.05, 4.69) is 22.7 Å². The normalized spacial score (nSPS) is 28.5. The van der Waals surface area contributed by atoms with Gasteiger partial charge in [0.05, 0.1) is 24.5 Å².